The van der Waals surface area contributed by atoms with Crippen LogP contribution in [0.3, 0.4) is 0 Å². The molecule has 3 rings (SSSR count). The predicted molar refractivity (Wildman–Crippen MR) is 89.2 cm³/mol. The number of nitro benzene ring substituents is 1. The quantitative estimate of drug-likeness (QED) is 0.687. The Hall–Kier alpha value is -3.22. The summed E-state index contributed by atoms with van der Waals surface area (Å²) in [6.45, 7) is 1.75. The van der Waals surface area contributed by atoms with Crippen molar-refractivity contribution in [1.82, 2.24) is 0 Å². The normalized spacial score (nSPS) is 16.8. The molecule has 122 valence electrons. The Morgan fingerprint density at radius 2 is 2.00 bits per heavy atom. The third kappa shape index (κ3) is 2.83. The standard InChI is InChI=1S/C17H15N3O4/c1-11-9-13(20(23)24)7-8-15(11)19-16(10-14(18-19)17(21)22)12-5-3-2-4-6-12/h2-9,16H,10H2,1H3,(H,21,22)/t16-/m1/s1. The number of hydrogen-bond acceptors (Lipinski definition) is 5. The number of hydrogen-bond donors (Lipinski definition) is 1. The van der Waals surface area contributed by atoms with E-state index in [9.17, 15) is 20.0 Å². The maximum Gasteiger partial charge on any atom is 0.352 e. The summed E-state index contributed by atoms with van der Waals surface area (Å²) in [4.78, 5) is 21.8. The van der Waals surface area contributed by atoms with Crippen LogP contribution in [-0.4, -0.2) is 21.7 Å². The van der Waals surface area contributed by atoms with Gasteiger partial charge in [0.25, 0.3) is 5.69 Å². The van der Waals surface area contributed by atoms with E-state index in [4.69, 9.17) is 0 Å². The molecule has 0 aromatic heterocycles. The zero-order valence-corrected chi connectivity index (χ0v) is 12.9. The largest absolute Gasteiger partial charge is 0.477 e. The summed E-state index contributed by atoms with van der Waals surface area (Å²) in [6.07, 6.45) is 0.274. The van der Waals surface area contributed by atoms with Gasteiger partial charge in [-0.1, -0.05) is 30.3 Å². The molecule has 1 aliphatic heterocycles. The number of rotatable bonds is 4. The number of carboxylic acids is 1. The number of hydrazone groups is 1. The van der Waals surface area contributed by atoms with E-state index in [-0.39, 0.29) is 23.9 Å². The third-order valence-electron chi connectivity index (χ3n) is 3.98. The summed E-state index contributed by atoms with van der Waals surface area (Å²) in [7, 11) is 0. The molecule has 1 atom stereocenters. The first kappa shape index (κ1) is 15.7. The zero-order valence-electron chi connectivity index (χ0n) is 12.9. The van der Waals surface area contributed by atoms with Crippen molar-refractivity contribution in [3.05, 3.63) is 69.8 Å². The summed E-state index contributed by atoms with van der Waals surface area (Å²) in [5.74, 6) is -1.06. The summed E-state index contributed by atoms with van der Waals surface area (Å²) >= 11 is 0. The first-order valence-corrected chi connectivity index (χ1v) is 7.37. The Bertz CT molecular complexity index is 833. The van der Waals surface area contributed by atoms with E-state index in [0.717, 1.165) is 5.56 Å². The molecule has 1 heterocycles. The van der Waals surface area contributed by atoms with Gasteiger partial charge in [0.2, 0.25) is 0 Å². The molecule has 0 spiro atoms. The van der Waals surface area contributed by atoms with Crippen LogP contribution in [0.4, 0.5) is 11.4 Å². The van der Waals surface area contributed by atoms with Crippen LogP contribution in [-0.2, 0) is 4.79 Å². The fraction of sp³-hybridized carbons (Fsp3) is 0.176. The van der Waals surface area contributed by atoms with Crippen molar-refractivity contribution in [2.24, 2.45) is 5.10 Å². The topological polar surface area (TPSA) is 96.0 Å². The molecule has 0 unspecified atom stereocenters. The third-order valence-corrected chi connectivity index (χ3v) is 3.98. The maximum absolute atomic E-state index is 11.3. The van der Waals surface area contributed by atoms with Crippen LogP contribution < -0.4 is 5.01 Å². The van der Waals surface area contributed by atoms with Gasteiger partial charge in [-0.3, -0.25) is 15.1 Å². The molecule has 0 radical (unpaired) electrons. The average Bonchev–Trinajstić information content (AvgIpc) is 3.00. The Balaban J connectivity index is 2.04. The van der Waals surface area contributed by atoms with E-state index in [0.29, 0.717) is 11.3 Å². The van der Waals surface area contributed by atoms with Crippen molar-refractivity contribution in [2.75, 3.05) is 5.01 Å². The molecule has 2 aromatic carbocycles. The number of benzene rings is 2. The van der Waals surface area contributed by atoms with Gasteiger partial charge in [0.15, 0.2) is 0 Å². The molecule has 0 saturated heterocycles. The number of nitro groups is 1. The Labute approximate surface area is 138 Å². The molecule has 7 nitrogen and oxygen atoms in total. The second-order valence-corrected chi connectivity index (χ2v) is 5.55. The molecule has 2 aromatic rings. The highest BCUT2D eigenvalue weighted by Crippen LogP contribution is 2.37. The van der Waals surface area contributed by atoms with Crippen molar-refractivity contribution < 1.29 is 14.8 Å². The second-order valence-electron chi connectivity index (χ2n) is 5.55. The molecule has 1 aliphatic rings. The molecule has 1 N–H and O–H groups in total. The minimum atomic E-state index is -1.06. The minimum Gasteiger partial charge on any atom is -0.477 e. The first-order valence-electron chi connectivity index (χ1n) is 7.37. The number of nitrogens with zero attached hydrogens (tertiary/aromatic N) is 3. The van der Waals surface area contributed by atoms with Crippen LogP contribution in [0.1, 0.15) is 23.6 Å². The summed E-state index contributed by atoms with van der Waals surface area (Å²) in [5.41, 5.74) is 2.33. The monoisotopic (exact) mass is 325 g/mol. The van der Waals surface area contributed by atoms with Gasteiger partial charge in [0.05, 0.1) is 16.7 Å². The van der Waals surface area contributed by atoms with E-state index in [2.05, 4.69) is 5.10 Å². The maximum atomic E-state index is 11.3. The molecule has 24 heavy (non-hydrogen) atoms. The number of aliphatic carboxylic acids is 1. The highest BCUT2D eigenvalue weighted by molar-refractivity contribution is 6.36. The summed E-state index contributed by atoms with van der Waals surface area (Å²) < 4.78 is 0. The molecule has 0 fully saturated rings. The van der Waals surface area contributed by atoms with Gasteiger partial charge >= 0.3 is 5.97 Å². The number of carbonyl (C=O) groups is 1. The van der Waals surface area contributed by atoms with Gasteiger partial charge in [-0.2, -0.15) is 5.10 Å². The molecular formula is C17H15N3O4. The Morgan fingerprint density at radius 1 is 1.29 bits per heavy atom. The predicted octanol–water partition coefficient (Wildman–Crippen LogP) is 3.30. The first-order chi connectivity index (χ1) is 11.5. The van der Waals surface area contributed by atoms with Gasteiger partial charge in [-0.25, -0.2) is 4.79 Å². The van der Waals surface area contributed by atoms with E-state index in [1.807, 2.05) is 30.3 Å². The van der Waals surface area contributed by atoms with E-state index in [1.54, 1.807) is 18.0 Å². The highest BCUT2D eigenvalue weighted by atomic mass is 16.6. The van der Waals surface area contributed by atoms with Crippen LogP contribution in [0, 0.1) is 17.0 Å². The van der Waals surface area contributed by atoms with Crippen molar-refractivity contribution >= 4 is 23.1 Å². The molecule has 0 saturated carbocycles. The smallest absolute Gasteiger partial charge is 0.352 e. The highest BCUT2D eigenvalue weighted by Gasteiger charge is 2.33. The second kappa shape index (κ2) is 6.11. The van der Waals surface area contributed by atoms with Crippen LogP contribution in [0.2, 0.25) is 0 Å². The molecule has 0 amide bonds. The van der Waals surface area contributed by atoms with Crippen LogP contribution in [0.5, 0.6) is 0 Å². The van der Waals surface area contributed by atoms with Gasteiger partial charge in [-0.05, 0) is 24.1 Å². The van der Waals surface area contributed by atoms with Crippen LogP contribution in [0.15, 0.2) is 53.6 Å². The molecule has 7 heteroatoms. The Morgan fingerprint density at radius 3 is 2.58 bits per heavy atom. The summed E-state index contributed by atoms with van der Waals surface area (Å²) in [5, 5.41) is 26.0. The van der Waals surface area contributed by atoms with Crippen molar-refractivity contribution in [1.29, 1.82) is 0 Å². The van der Waals surface area contributed by atoms with Gasteiger partial charge in [0.1, 0.15) is 5.71 Å². The number of carboxylic acid groups (broad SMARTS) is 1. The lowest BCUT2D eigenvalue weighted by Crippen LogP contribution is -2.19. The van der Waals surface area contributed by atoms with E-state index < -0.39 is 10.9 Å². The molecule has 0 aliphatic carbocycles. The minimum absolute atomic E-state index is 0.00542. The molecule has 0 bridgehead atoms. The Kier molecular flexibility index (Phi) is 3.99. The average molecular weight is 325 g/mol. The molecular weight excluding hydrogens is 310 g/mol. The van der Waals surface area contributed by atoms with Crippen molar-refractivity contribution in [2.45, 2.75) is 19.4 Å². The fourth-order valence-corrected chi connectivity index (χ4v) is 2.81. The summed E-state index contributed by atoms with van der Waals surface area (Å²) in [6, 6.07) is 13.7. The van der Waals surface area contributed by atoms with Crippen LogP contribution in [0.25, 0.3) is 0 Å². The van der Waals surface area contributed by atoms with E-state index >= 15 is 0 Å². The zero-order chi connectivity index (χ0) is 17.3. The van der Waals surface area contributed by atoms with Gasteiger partial charge < -0.3 is 5.11 Å². The number of anilines is 1. The van der Waals surface area contributed by atoms with Crippen molar-refractivity contribution in [3.63, 3.8) is 0 Å². The van der Waals surface area contributed by atoms with Crippen LogP contribution >= 0.6 is 0 Å². The fourth-order valence-electron chi connectivity index (χ4n) is 2.81. The lowest BCUT2D eigenvalue weighted by molar-refractivity contribution is -0.384. The number of aryl methyl sites for hydroxylation is 1. The SMILES string of the molecule is Cc1cc([N+](=O)[O-])ccc1N1N=C(C(=O)O)C[C@@H]1c1ccccc1. The number of non-ortho nitro benzene ring substituents is 1. The van der Waals surface area contributed by atoms with Crippen molar-refractivity contribution in [3.8, 4) is 0 Å². The van der Waals surface area contributed by atoms with E-state index in [1.165, 1.54) is 12.1 Å². The lowest BCUT2D eigenvalue weighted by atomic mass is 10.0. The van der Waals surface area contributed by atoms with Gasteiger partial charge in [-0.15, -0.1) is 0 Å². The lowest BCUT2D eigenvalue weighted by Gasteiger charge is -2.25. The van der Waals surface area contributed by atoms with Gasteiger partial charge in [0, 0.05) is 18.6 Å².